The van der Waals surface area contributed by atoms with E-state index in [-0.39, 0.29) is 13.1 Å². The number of amides is 2. The van der Waals surface area contributed by atoms with E-state index in [2.05, 4.69) is 13.2 Å². The maximum atomic E-state index is 11.3. The van der Waals surface area contributed by atoms with Crippen LogP contribution in [0, 0.1) is 0 Å². The SMILES string of the molecule is C=CC1=C(C=C)OC(=O)N(CC(N)=O)C1. The Balaban J connectivity index is 2.88. The lowest BCUT2D eigenvalue weighted by molar-refractivity contribution is -0.118. The van der Waals surface area contributed by atoms with Gasteiger partial charge in [-0.2, -0.15) is 0 Å². The van der Waals surface area contributed by atoms with Gasteiger partial charge in [0.25, 0.3) is 0 Å². The molecule has 0 fully saturated rings. The first-order valence-electron chi connectivity index (χ1n) is 4.31. The van der Waals surface area contributed by atoms with E-state index in [0.717, 1.165) is 0 Å². The first kappa shape index (κ1) is 11.0. The number of hydrogen-bond donors (Lipinski definition) is 1. The molecule has 0 radical (unpaired) electrons. The summed E-state index contributed by atoms with van der Waals surface area (Å²) < 4.78 is 4.92. The van der Waals surface area contributed by atoms with Gasteiger partial charge in [-0.1, -0.05) is 19.2 Å². The van der Waals surface area contributed by atoms with Gasteiger partial charge < -0.3 is 10.5 Å². The van der Waals surface area contributed by atoms with Crippen LogP contribution >= 0.6 is 0 Å². The predicted molar refractivity (Wildman–Crippen MR) is 54.7 cm³/mol. The van der Waals surface area contributed by atoms with Crippen LogP contribution in [-0.2, 0) is 9.53 Å². The van der Waals surface area contributed by atoms with Gasteiger partial charge in [-0.25, -0.2) is 4.79 Å². The lowest BCUT2D eigenvalue weighted by atomic mass is 10.2. The largest absolute Gasteiger partial charge is 0.416 e. The number of nitrogens with zero attached hydrogens (tertiary/aromatic N) is 1. The summed E-state index contributed by atoms with van der Waals surface area (Å²) in [5.74, 6) is -0.215. The lowest BCUT2D eigenvalue weighted by Crippen LogP contribution is -2.42. The minimum absolute atomic E-state index is 0.166. The van der Waals surface area contributed by atoms with Gasteiger partial charge in [0.2, 0.25) is 5.91 Å². The topological polar surface area (TPSA) is 72.6 Å². The molecule has 0 saturated carbocycles. The molecule has 0 unspecified atom stereocenters. The predicted octanol–water partition coefficient (Wildman–Crippen LogP) is 0.550. The molecule has 0 saturated heterocycles. The molecular formula is C10H12N2O3. The quantitative estimate of drug-likeness (QED) is 0.733. The van der Waals surface area contributed by atoms with Crippen LogP contribution in [0.25, 0.3) is 0 Å². The fourth-order valence-electron chi connectivity index (χ4n) is 1.22. The molecule has 0 aromatic heterocycles. The normalized spacial score (nSPS) is 16.0. The van der Waals surface area contributed by atoms with Gasteiger partial charge >= 0.3 is 6.09 Å². The standard InChI is InChI=1S/C10H12N2O3/c1-3-7-5-12(6-9(11)13)10(14)15-8(7)4-2/h3-4H,1-2,5-6H2,(H2,11,13). The monoisotopic (exact) mass is 208 g/mol. The molecule has 1 rings (SSSR count). The van der Waals surface area contributed by atoms with E-state index >= 15 is 0 Å². The van der Waals surface area contributed by atoms with Crippen LogP contribution < -0.4 is 5.73 Å². The molecule has 0 spiro atoms. The number of cyclic esters (lactones) is 1. The summed E-state index contributed by atoms with van der Waals surface area (Å²) in [6.07, 6.45) is 2.38. The molecule has 0 aromatic carbocycles. The molecule has 1 aliphatic rings. The van der Waals surface area contributed by atoms with E-state index < -0.39 is 12.0 Å². The molecular weight excluding hydrogens is 196 g/mol. The molecule has 80 valence electrons. The summed E-state index contributed by atoms with van der Waals surface area (Å²) >= 11 is 0. The summed E-state index contributed by atoms with van der Waals surface area (Å²) in [6.45, 7) is 7.18. The molecule has 2 amide bonds. The van der Waals surface area contributed by atoms with Crippen LogP contribution in [-0.4, -0.2) is 30.0 Å². The minimum Gasteiger partial charge on any atom is -0.410 e. The fraction of sp³-hybridized carbons (Fsp3) is 0.200. The van der Waals surface area contributed by atoms with E-state index in [1.54, 1.807) is 6.08 Å². The highest BCUT2D eigenvalue weighted by Gasteiger charge is 2.25. The first-order valence-corrected chi connectivity index (χ1v) is 4.31. The smallest absolute Gasteiger partial charge is 0.410 e. The number of rotatable bonds is 4. The van der Waals surface area contributed by atoms with Gasteiger partial charge in [0.1, 0.15) is 12.3 Å². The average Bonchev–Trinajstić information content (AvgIpc) is 2.19. The summed E-state index contributed by atoms with van der Waals surface area (Å²) in [6, 6.07) is 0. The summed E-state index contributed by atoms with van der Waals surface area (Å²) in [7, 11) is 0. The van der Waals surface area contributed by atoms with Gasteiger partial charge in [-0.05, 0) is 6.08 Å². The fourth-order valence-corrected chi connectivity index (χ4v) is 1.22. The zero-order chi connectivity index (χ0) is 11.4. The molecule has 0 aromatic rings. The third-order valence-electron chi connectivity index (χ3n) is 1.91. The average molecular weight is 208 g/mol. The number of nitrogens with two attached hydrogens (primary N) is 1. The second-order valence-electron chi connectivity index (χ2n) is 2.99. The highest BCUT2D eigenvalue weighted by molar-refractivity contribution is 5.82. The van der Waals surface area contributed by atoms with Crippen LogP contribution in [0.15, 0.2) is 36.6 Å². The van der Waals surface area contributed by atoms with Crippen molar-refractivity contribution < 1.29 is 14.3 Å². The van der Waals surface area contributed by atoms with Crippen molar-refractivity contribution in [2.24, 2.45) is 5.73 Å². The zero-order valence-corrected chi connectivity index (χ0v) is 8.23. The van der Waals surface area contributed by atoms with Crippen LogP contribution in [0.5, 0.6) is 0 Å². The van der Waals surface area contributed by atoms with Crippen molar-refractivity contribution in [3.05, 3.63) is 36.6 Å². The van der Waals surface area contributed by atoms with Gasteiger partial charge in [0, 0.05) is 5.57 Å². The zero-order valence-electron chi connectivity index (χ0n) is 8.23. The molecule has 15 heavy (non-hydrogen) atoms. The number of hydrogen-bond acceptors (Lipinski definition) is 3. The van der Waals surface area contributed by atoms with Gasteiger partial charge in [-0.15, -0.1) is 0 Å². The summed E-state index contributed by atoms with van der Waals surface area (Å²) in [5.41, 5.74) is 5.69. The third-order valence-corrected chi connectivity index (χ3v) is 1.91. The van der Waals surface area contributed by atoms with Gasteiger partial charge in [0.15, 0.2) is 0 Å². The lowest BCUT2D eigenvalue weighted by Gasteiger charge is -2.26. The molecule has 1 heterocycles. The Kier molecular flexibility index (Phi) is 3.28. The van der Waals surface area contributed by atoms with Crippen LogP contribution in [0.4, 0.5) is 4.79 Å². The Morgan fingerprint density at radius 2 is 2.20 bits per heavy atom. The minimum atomic E-state index is -0.602. The van der Waals surface area contributed by atoms with Crippen molar-refractivity contribution in [1.82, 2.24) is 4.90 Å². The third kappa shape index (κ3) is 2.46. The highest BCUT2D eigenvalue weighted by Crippen LogP contribution is 2.18. The van der Waals surface area contributed by atoms with E-state index in [9.17, 15) is 9.59 Å². The van der Waals surface area contributed by atoms with E-state index in [0.29, 0.717) is 11.3 Å². The molecule has 0 bridgehead atoms. The van der Waals surface area contributed by atoms with Crippen molar-refractivity contribution in [3.8, 4) is 0 Å². The van der Waals surface area contributed by atoms with Crippen molar-refractivity contribution in [2.45, 2.75) is 0 Å². The van der Waals surface area contributed by atoms with Crippen LogP contribution in [0.2, 0.25) is 0 Å². The highest BCUT2D eigenvalue weighted by atomic mass is 16.6. The maximum Gasteiger partial charge on any atom is 0.416 e. The second-order valence-corrected chi connectivity index (χ2v) is 2.99. The number of primary amides is 1. The molecule has 0 atom stereocenters. The van der Waals surface area contributed by atoms with Crippen LogP contribution in [0.1, 0.15) is 0 Å². The van der Waals surface area contributed by atoms with Crippen LogP contribution in [0.3, 0.4) is 0 Å². The molecule has 5 nitrogen and oxygen atoms in total. The van der Waals surface area contributed by atoms with Gasteiger partial charge in [-0.3, -0.25) is 9.69 Å². The number of ether oxygens (including phenoxy) is 1. The number of carbonyl (C=O) groups excluding carboxylic acids is 2. The number of allylic oxidation sites excluding steroid dienone is 1. The van der Waals surface area contributed by atoms with E-state index in [4.69, 9.17) is 10.5 Å². The molecule has 0 aliphatic carbocycles. The van der Waals surface area contributed by atoms with Gasteiger partial charge in [0.05, 0.1) is 6.54 Å². The van der Waals surface area contributed by atoms with Crippen molar-refractivity contribution in [3.63, 3.8) is 0 Å². The summed E-state index contributed by atoms with van der Waals surface area (Å²) in [4.78, 5) is 23.2. The van der Waals surface area contributed by atoms with Crippen molar-refractivity contribution in [2.75, 3.05) is 13.1 Å². The maximum absolute atomic E-state index is 11.3. The molecule has 1 aliphatic heterocycles. The molecule has 5 heteroatoms. The second kappa shape index (κ2) is 4.45. The Labute approximate surface area is 87.5 Å². The van der Waals surface area contributed by atoms with E-state index in [1.807, 2.05) is 0 Å². The van der Waals surface area contributed by atoms with E-state index in [1.165, 1.54) is 11.0 Å². The summed E-state index contributed by atoms with van der Waals surface area (Å²) in [5, 5.41) is 0. The number of carbonyl (C=O) groups is 2. The van der Waals surface area contributed by atoms with Crippen molar-refractivity contribution >= 4 is 12.0 Å². The Morgan fingerprint density at radius 1 is 1.53 bits per heavy atom. The Hall–Kier alpha value is -2.04. The van der Waals surface area contributed by atoms with Crippen molar-refractivity contribution in [1.29, 1.82) is 0 Å². The molecule has 2 N–H and O–H groups in total. The Bertz CT molecular complexity index is 358. The first-order chi connectivity index (χ1) is 7.08. The Morgan fingerprint density at radius 3 is 2.67 bits per heavy atom.